The molecule has 0 aromatic heterocycles. The number of carbonyl (C=O) groups excluding carboxylic acids is 1. The van der Waals surface area contributed by atoms with Gasteiger partial charge in [0.1, 0.15) is 0 Å². The van der Waals surface area contributed by atoms with Crippen LogP contribution in [0.15, 0.2) is 24.3 Å². The number of aliphatic hydroxyl groups excluding tert-OH is 1. The average molecular weight is 277 g/mol. The Morgan fingerprint density at radius 1 is 1.40 bits per heavy atom. The minimum Gasteiger partial charge on any atom is -0.391 e. The highest BCUT2D eigenvalue weighted by Crippen LogP contribution is 2.17. The van der Waals surface area contributed by atoms with E-state index < -0.39 is 6.10 Å². The summed E-state index contributed by atoms with van der Waals surface area (Å²) in [6, 6.07) is 7.96. The Balaban J connectivity index is 1.94. The van der Waals surface area contributed by atoms with E-state index in [9.17, 15) is 9.90 Å². The molecule has 2 unspecified atom stereocenters. The zero-order valence-electron chi connectivity index (χ0n) is 12.1. The van der Waals surface area contributed by atoms with Crippen LogP contribution in [-0.4, -0.2) is 42.3 Å². The third-order valence-electron chi connectivity index (χ3n) is 3.78. The first kappa shape index (κ1) is 14.8. The number of hydrogen-bond donors (Lipinski definition) is 3. The molecule has 5 nitrogen and oxygen atoms in total. The van der Waals surface area contributed by atoms with Gasteiger partial charge in [0.05, 0.1) is 6.10 Å². The van der Waals surface area contributed by atoms with Crippen molar-refractivity contribution < 1.29 is 9.90 Å². The first-order chi connectivity index (χ1) is 9.60. The van der Waals surface area contributed by atoms with Gasteiger partial charge in [0.15, 0.2) is 0 Å². The van der Waals surface area contributed by atoms with Crippen LogP contribution in [0.4, 0.5) is 10.5 Å². The van der Waals surface area contributed by atoms with Crippen LogP contribution in [0, 0.1) is 0 Å². The summed E-state index contributed by atoms with van der Waals surface area (Å²) in [5.41, 5.74) is 1.96. The van der Waals surface area contributed by atoms with Crippen molar-refractivity contribution in [3.8, 4) is 0 Å². The molecule has 0 saturated carbocycles. The fraction of sp³-hybridized carbons (Fsp3) is 0.533. The lowest BCUT2D eigenvalue weighted by molar-refractivity contribution is 0.0883. The van der Waals surface area contributed by atoms with Gasteiger partial charge < -0.3 is 20.6 Å². The Morgan fingerprint density at radius 3 is 2.70 bits per heavy atom. The molecule has 3 N–H and O–H groups in total. The van der Waals surface area contributed by atoms with Crippen molar-refractivity contribution in [1.82, 2.24) is 10.2 Å². The van der Waals surface area contributed by atoms with Crippen LogP contribution >= 0.6 is 0 Å². The summed E-state index contributed by atoms with van der Waals surface area (Å²) in [7, 11) is 1.92. The van der Waals surface area contributed by atoms with Gasteiger partial charge in [0.2, 0.25) is 0 Å². The maximum absolute atomic E-state index is 12.1. The van der Waals surface area contributed by atoms with Gasteiger partial charge in [-0.05, 0) is 44.5 Å². The molecule has 1 heterocycles. The predicted octanol–water partition coefficient (Wildman–Crippen LogP) is 1.96. The number of carbonyl (C=O) groups is 1. The predicted molar refractivity (Wildman–Crippen MR) is 79.7 cm³/mol. The van der Waals surface area contributed by atoms with Crippen molar-refractivity contribution in [2.24, 2.45) is 0 Å². The van der Waals surface area contributed by atoms with Crippen LogP contribution in [0.25, 0.3) is 0 Å². The Kier molecular flexibility index (Phi) is 4.98. The molecule has 1 aliphatic heterocycles. The molecular weight excluding hydrogens is 254 g/mol. The highest BCUT2D eigenvalue weighted by molar-refractivity contribution is 5.89. The number of urea groups is 1. The molecule has 5 heteroatoms. The van der Waals surface area contributed by atoms with Gasteiger partial charge in [0.25, 0.3) is 0 Å². The molecular formula is C15H23N3O2. The van der Waals surface area contributed by atoms with Crippen molar-refractivity contribution >= 4 is 11.7 Å². The number of anilines is 1. The van der Waals surface area contributed by atoms with Gasteiger partial charge >= 0.3 is 6.03 Å². The van der Waals surface area contributed by atoms with Gasteiger partial charge in [0, 0.05) is 24.8 Å². The van der Waals surface area contributed by atoms with E-state index in [1.807, 2.05) is 31.3 Å². The number of nitrogens with zero attached hydrogens (tertiary/aromatic N) is 1. The second kappa shape index (κ2) is 6.72. The number of amides is 2. The molecule has 1 aliphatic rings. The molecule has 20 heavy (non-hydrogen) atoms. The Hall–Kier alpha value is -1.59. The van der Waals surface area contributed by atoms with E-state index in [-0.39, 0.29) is 12.1 Å². The second-order valence-electron chi connectivity index (χ2n) is 5.30. The number of rotatable bonds is 3. The van der Waals surface area contributed by atoms with Crippen LogP contribution < -0.4 is 10.6 Å². The van der Waals surface area contributed by atoms with E-state index >= 15 is 0 Å². The summed E-state index contributed by atoms with van der Waals surface area (Å²) in [5.74, 6) is 0. The van der Waals surface area contributed by atoms with Gasteiger partial charge in [-0.1, -0.05) is 12.1 Å². The normalized spacial score (nSPS) is 20.6. The van der Waals surface area contributed by atoms with Crippen LogP contribution in [0.1, 0.15) is 31.4 Å². The quantitative estimate of drug-likeness (QED) is 0.791. The lowest BCUT2D eigenvalue weighted by Gasteiger charge is -2.30. The van der Waals surface area contributed by atoms with Gasteiger partial charge in [-0.3, -0.25) is 0 Å². The summed E-state index contributed by atoms with van der Waals surface area (Å²) in [6.45, 7) is 3.21. The Morgan fingerprint density at radius 2 is 2.10 bits per heavy atom. The van der Waals surface area contributed by atoms with E-state index in [4.69, 9.17) is 0 Å². The van der Waals surface area contributed by atoms with Crippen molar-refractivity contribution in [1.29, 1.82) is 0 Å². The molecule has 0 aliphatic carbocycles. The largest absolute Gasteiger partial charge is 0.391 e. The molecule has 1 saturated heterocycles. The molecule has 0 spiro atoms. The maximum Gasteiger partial charge on any atom is 0.321 e. The van der Waals surface area contributed by atoms with Crippen molar-refractivity contribution in [2.75, 3.05) is 25.5 Å². The summed E-state index contributed by atoms with van der Waals surface area (Å²) in [5, 5.41) is 15.6. The number of hydrogen-bond acceptors (Lipinski definition) is 3. The molecule has 2 rings (SSSR count). The lowest BCUT2D eigenvalue weighted by atomic mass is 10.1. The summed E-state index contributed by atoms with van der Waals surface area (Å²) < 4.78 is 0. The summed E-state index contributed by atoms with van der Waals surface area (Å²) in [6.07, 6.45) is 1.24. The van der Waals surface area contributed by atoms with E-state index in [1.54, 1.807) is 4.90 Å². The van der Waals surface area contributed by atoms with Crippen molar-refractivity contribution in [2.45, 2.75) is 31.9 Å². The summed E-state index contributed by atoms with van der Waals surface area (Å²) in [4.78, 5) is 13.7. The first-order valence-corrected chi connectivity index (χ1v) is 7.11. The third kappa shape index (κ3) is 3.71. The molecule has 0 bridgehead atoms. The minimum absolute atomic E-state index is 0.141. The second-order valence-corrected chi connectivity index (χ2v) is 5.30. The topological polar surface area (TPSA) is 64.6 Å². The van der Waals surface area contributed by atoms with Crippen LogP contribution in [-0.2, 0) is 0 Å². The molecule has 110 valence electrons. The molecule has 1 aromatic rings. The van der Waals surface area contributed by atoms with Crippen molar-refractivity contribution in [3.63, 3.8) is 0 Å². The number of nitrogens with one attached hydrogen (secondary N) is 2. The number of piperidine rings is 1. The standard InChI is InChI=1S/C15H23N3O2/c1-11(16-2)12-5-7-13(8-6-12)17-15(20)18-9-3-4-14(19)10-18/h5-8,11,14,16,19H,3-4,9-10H2,1-2H3,(H,17,20). The van der Waals surface area contributed by atoms with Crippen LogP contribution in [0.5, 0.6) is 0 Å². The van der Waals surface area contributed by atoms with E-state index in [2.05, 4.69) is 17.6 Å². The highest BCUT2D eigenvalue weighted by atomic mass is 16.3. The molecule has 1 aromatic carbocycles. The first-order valence-electron chi connectivity index (χ1n) is 7.11. The zero-order chi connectivity index (χ0) is 14.5. The smallest absolute Gasteiger partial charge is 0.321 e. The van der Waals surface area contributed by atoms with E-state index in [1.165, 1.54) is 5.56 Å². The third-order valence-corrected chi connectivity index (χ3v) is 3.78. The van der Waals surface area contributed by atoms with Gasteiger partial charge in [-0.25, -0.2) is 4.79 Å². The average Bonchev–Trinajstić information content (AvgIpc) is 2.47. The van der Waals surface area contributed by atoms with Crippen molar-refractivity contribution in [3.05, 3.63) is 29.8 Å². The fourth-order valence-electron chi connectivity index (χ4n) is 2.36. The molecule has 2 amide bonds. The van der Waals surface area contributed by atoms with Gasteiger partial charge in [-0.15, -0.1) is 0 Å². The van der Waals surface area contributed by atoms with Crippen LogP contribution in [0.3, 0.4) is 0 Å². The van der Waals surface area contributed by atoms with Crippen LogP contribution in [0.2, 0.25) is 0 Å². The monoisotopic (exact) mass is 277 g/mol. The van der Waals surface area contributed by atoms with Gasteiger partial charge in [-0.2, -0.15) is 0 Å². The van der Waals surface area contributed by atoms with E-state index in [0.717, 1.165) is 18.5 Å². The Labute approximate surface area is 120 Å². The molecule has 1 fully saturated rings. The maximum atomic E-state index is 12.1. The van der Waals surface area contributed by atoms with E-state index in [0.29, 0.717) is 13.1 Å². The zero-order valence-corrected chi connectivity index (χ0v) is 12.1. The lowest BCUT2D eigenvalue weighted by Crippen LogP contribution is -2.44. The number of aliphatic hydroxyl groups is 1. The Bertz CT molecular complexity index is 447. The molecule has 0 radical (unpaired) electrons. The number of β-amino-alcohol motifs (C(OH)–C–C–N with tert-alkyl or cyclic N) is 1. The SMILES string of the molecule is CNC(C)c1ccc(NC(=O)N2CCCC(O)C2)cc1. The molecule has 2 atom stereocenters. The fourth-order valence-corrected chi connectivity index (χ4v) is 2.36. The number of likely N-dealkylation sites (tertiary alicyclic amines) is 1. The minimum atomic E-state index is -0.395. The highest BCUT2D eigenvalue weighted by Gasteiger charge is 2.21. The summed E-state index contributed by atoms with van der Waals surface area (Å²) >= 11 is 0. The number of benzene rings is 1.